The van der Waals surface area contributed by atoms with Crippen molar-refractivity contribution in [2.24, 2.45) is 7.05 Å². The number of rotatable bonds is 6. The molecule has 3 aromatic rings. The molecule has 1 aliphatic heterocycles. The van der Waals surface area contributed by atoms with Crippen LogP contribution in [0.2, 0.25) is 0 Å². The molecule has 2 aromatic heterocycles. The zero-order valence-electron chi connectivity index (χ0n) is 19.1. The van der Waals surface area contributed by atoms with Gasteiger partial charge in [0.25, 0.3) is 5.91 Å². The van der Waals surface area contributed by atoms with E-state index in [9.17, 15) is 4.79 Å². The molecule has 7 nitrogen and oxygen atoms in total. The molecule has 0 spiro atoms. The predicted molar refractivity (Wildman–Crippen MR) is 122 cm³/mol. The number of aromatic nitrogens is 4. The number of likely N-dealkylation sites (tertiary alicyclic amines) is 1. The number of benzene rings is 1. The van der Waals surface area contributed by atoms with Gasteiger partial charge in [-0.05, 0) is 45.7 Å². The molecule has 2 atom stereocenters. The van der Waals surface area contributed by atoms with Gasteiger partial charge in [0.05, 0.1) is 11.4 Å². The summed E-state index contributed by atoms with van der Waals surface area (Å²) in [6.45, 7) is 10.8. The van der Waals surface area contributed by atoms with Gasteiger partial charge in [0, 0.05) is 50.0 Å². The van der Waals surface area contributed by atoms with Gasteiger partial charge >= 0.3 is 0 Å². The van der Waals surface area contributed by atoms with Crippen LogP contribution in [0.15, 0.2) is 36.4 Å². The molecular weight excluding hydrogens is 388 g/mol. The van der Waals surface area contributed by atoms with Crippen LogP contribution in [-0.2, 0) is 7.05 Å². The molecule has 1 amide bonds. The lowest BCUT2D eigenvalue weighted by atomic mass is 10.1. The van der Waals surface area contributed by atoms with E-state index < -0.39 is 0 Å². The molecule has 164 valence electrons. The number of hydrogen-bond acceptors (Lipinski definition) is 4. The van der Waals surface area contributed by atoms with E-state index in [1.165, 1.54) is 5.56 Å². The number of nitrogens with zero attached hydrogens (tertiary/aromatic N) is 5. The van der Waals surface area contributed by atoms with Gasteiger partial charge in [0.2, 0.25) is 0 Å². The molecule has 0 bridgehead atoms. The smallest absolute Gasteiger partial charge is 0.272 e. The van der Waals surface area contributed by atoms with Crippen molar-refractivity contribution in [1.82, 2.24) is 29.8 Å². The summed E-state index contributed by atoms with van der Waals surface area (Å²) in [5.74, 6) is 0.0136. The maximum absolute atomic E-state index is 13.3. The zero-order chi connectivity index (χ0) is 22.1. The molecular formula is C24H32N6O. The molecule has 0 aliphatic carbocycles. The molecule has 3 heterocycles. The lowest BCUT2D eigenvalue weighted by molar-refractivity contribution is 0.0683. The SMILES string of the molecule is CCN(C(=O)c1cc(-c2c(C)nn(C)c2C)n[nH]1)C1CCN(C(C)c2ccccc2)C1. The third kappa shape index (κ3) is 4.02. The van der Waals surface area contributed by atoms with Gasteiger partial charge in [-0.3, -0.25) is 19.5 Å². The Morgan fingerprint density at radius 2 is 2.03 bits per heavy atom. The van der Waals surface area contributed by atoms with E-state index in [0.29, 0.717) is 18.3 Å². The number of H-pyrrole nitrogens is 1. The van der Waals surface area contributed by atoms with Gasteiger partial charge in [-0.15, -0.1) is 0 Å². The summed E-state index contributed by atoms with van der Waals surface area (Å²) in [6, 6.07) is 13.0. The number of nitrogens with one attached hydrogen (secondary N) is 1. The molecule has 1 N–H and O–H groups in total. The van der Waals surface area contributed by atoms with Crippen molar-refractivity contribution in [2.45, 2.75) is 46.2 Å². The standard InChI is InChI=1S/C24H32N6O/c1-6-30(20-12-13-29(15-20)17(3)19-10-8-7-9-11-19)24(31)22-14-21(25-26-22)23-16(2)27-28(5)18(23)4/h7-11,14,17,20H,6,12-13,15H2,1-5H3,(H,25,26). The minimum absolute atomic E-state index is 0.0136. The fourth-order valence-corrected chi connectivity index (χ4v) is 4.74. The Morgan fingerprint density at radius 3 is 2.68 bits per heavy atom. The quantitative estimate of drug-likeness (QED) is 0.660. The predicted octanol–water partition coefficient (Wildman–Crippen LogP) is 3.72. The highest BCUT2D eigenvalue weighted by atomic mass is 16.2. The minimum Gasteiger partial charge on any atom is -0.333 e. The Labute approximate surface area is 184 Å². The number of aromatic amines is 1. The van der Waals surface area contributed by atoms with Crippen molar-refractivity contribution in [3.8, 4) is 11.3 Å². The van der Waals surface area contributed by atoms with Crippen molar-refractivity contribution in [3.05, 3.63) is 59.0 Å². The van der Waals surface area contributed by atoms with E-state index in [4.69, 9.17) is 0 Å². The van der Waals surface area contributed by atoms with E-state index in [1.807, 2.05) is 49.5 Å². The number of amides is 1. The van der Waals surface area contributed by atoms with Crippen LogP contribution < -0.4 is 0 Å². The highest BCUT2D eigenvalue weighted by Crippen LogP contribution is 2.28. The molecule has 1 aromatic carbocycles. The summed E-state index contributed by atoms with van der Waals surface area (Å²) in [4.78, 5) is 17.8. The second-order valence-electron chi connectivity index (χ2n) is 8.45. The Balaban J connectivity index is 1.49. The van der Waals surface area contributed by atoms with E-state index in [0.717, 1.165) is 42.2 Å². The Hall–Kier alpha value is -2.93. The van der Waals surface area contributed by atoms with Crippen LogP contribution in [0.4, 0.5) is 0 Å². The molecule has 1 fully saturated rings. The summed E-state index contributed by atoms with van der Waals surface area (Å²) in [7, 11) is 1.92. The largest absolute Gasteiger partial charge is 0.333 e. The van der Waals surface area contributed by atoms with Gasteiger partial charge in [-0.1, -0.05) is 30.3 Å². The van der Waals surface area contributed by atoms with Gasteiger partial charge in [-0.25, -0.2) is 0 Å². The molecule has 0 saturated carbocycles. The van der Waals surface area contributed by atoms with Crippen LogP contribution in [0.5, 0.6) is 0 Å². The minimum atomic E-state index is 0.0136. The number of carbonyl (C=O) groups is 1. The summed E-state index contributed by atoms with van der Waals surface area (Å²) in [6.07, 6.45) is 0.985. The molecule has 31 heavy (non-hydrogen) atoms. The normalized spacial score (nSPS) is 17.8. The fourth-order valence-electron chi connectivity index (χ4n) is 4.74. The zero-order valence-corrected chi connectivity index (χ0v) is 19.1. The van der Waals surface area contributed by atoms with Gasteiger partial charge in [0.1, 0.15) is 5.69 Å². The second-order valence-corrected chi connectivity index (χ2v) is 8.45. The van der Waals surface area contributed by atoms with Gasteiger partial charge in [-0.2, -0.15) is 10.2 Å². The number of hydrogen-bond donors (Lipinski definition) is 1. The van der Waals surface area contributed by atoms with Crippen LogP contribution >= 0.6 is 0 Å². The van der Waals surface area contributed by atoms with Crippen LogP contribution in [0.25, 0.3) is 11.3 Å². The highest BCUT2D eigenvalue weighted by Gasteiger charge is 2.33. The average molecular weight is 421 g/mol. The molecule has 1 saturated heterocycles. The summed E-state index contributed by atoms with van der Waals surface area (Å²) in [5.41, 5.74) is 5.57. The van der Waals surface area contributed by atoms with Crippen molar-refractivity contribution < 1.29 is 4.79 Å². The van der Waals surface area contributed by atoms with Crippen LogP contribution in [-0.4, -0.2) is 61.4 Å². The van der Waals surface area contributed by atoms with E-state index in [-0.39, 0.29) is 11.9 Å². The first kappa shape index (κ1) is 21.3. The van der Waals surface area contributed by atoms with E-state index in [2.05, 4.69) is 51.4 Å². The number of carbonyl (C=O) groups excluding carboxylic acids is 1. The van der Waals surface area contributed by atoms with Crippen molar-refractivity contribution in [2.75, 3.05) is 19.6 Å². The van der Waals surface area contributed by atoms with Gasteiger partial charge < -0.3 is 4.90 Å². The fraction of sp³-hybridized carbons (Fsp3) is 0.458. The first-order valence-corrected chi connectivity index (χ1v) is 11.1. The molecule has 4 rings (SSSR count). The second kappa shape index (κ2) is 8.67. The van der Waals surface area contributed by atoms with Crippen molar-refractivity contribution in [3.63, 3.8) is 0 Å². The Kier molecular flexibility index (Phi) is 5.96. The van der Waals surface area contributed by atoms with Crippen molar-refractivity contribution >= 4 is 5.91 Å². The summed E-state index contributed by atoms with van der Waals surface area (Å²) < 4.78 is 1.85. The highest BCUT2D eigenvalue weighted by molar-refractivity contribution is 5.93. The first-order chi connectivity index (χ1) is 14.9. The maximum atomic E-state index is 13.3. The Morgan fingerprint density at radius 1 is 1.29 bits per heavy atom. The maximum Gasteiger partial charge on any atom is 0.272 e. The number of likely N-dealkylation sites (N-methyl/N-ethyl adjacent to an activating group) is 1. The van der Waals surface area contributed by atoms with E-state index >= 15 is 0 Å². The summed E-state index contributed by atoms with van der Waals surface area (Å²) in [5, 5.41) is 11.9. The van der Waals surface area contributed by atoms with Crippen molar-refractivity contribution in [1.29, 1.82) is 0 Å². The van der Waals surface area contributed by atoms with Crippen LogP contribution in [0.1, 0.15) is 53.7 Å². The average Bonchev–Trinajstić information content (AvgIpc) is 3.49. The van der Waals surface area contributed by atoms with Crippen LogP contribution in [0.3, 0.4) is 0 Å². The lowest BCUT2D eigenvalue weighted by Gasteiger charge is -2.29. The summed E-state index contributed by atoms with van der Waals surface area (Å²) >= 11 is 0. The van der Waals surface area contributed by atoms with Gasteiger partial charge in [0.15, 0.2) is 0 Å². The third-order valence-corrected chi connectivity index (χ3v) is 6.64. The van der Waals surface area contributed by atoms with E-state index in [1.54, 1.807) is 0 Å². The molecule has 1 aliphatic rings. The molecule has 7 heteroatoms. The monoisotopic (exact) mass is 420 g/mol. The van der Waals surface area contributed by atoms with Crippen LogP contribution in [0, 0.1) is 13.8 Å². The number of aryl methyl sites for hydroxylation is 2. The lowest BCUT2D eigenvalue weighted by Crippen LogP contribution is -2.42. The molecule has 0 radical (unpaired) electrons. The Bertz CT molecular complexity index is 1050. The third-order valence-electron chi connectivity index (χ3n) is 6.64. The first-order valence-electron chi connectivity index (χ1n) is 11.1. The molecule has 2 unspecified atom stereocenters. The topological polar surface area (TPSA) is 70.0 Å².